The van der Waals surface area contributed by atoms with Crippen molar-refractivity contribution < 1.29 is 23.9 Å². The summed E-state index contributed by atoms with van der Waals surface area (Å²) >= 11 is 1.21. The molecule has 0 unspecified atom stereocenters. The van der Waals surface area contributed by atoms with Crippen LogP contribution in [0.3, 0.4) is 0 Å². The lowest BCUT2D eigenvalue weighted by Crippen LogP contribution is -2.33. The Morgan fingerprint density at radius 1 is 1.03 bits per heavy atom. The van der Waals surface area contributed by atoms with E-state index in [0.29, 0.717) is 21.9 Å². The summed E-state index contributed by atoms with van der Waals surface area (Å²) in [6.45, 7) is 3.61. The maximum atomic E-state index is 12.8. The summed E-state index contributed by atoms with van der Waals surface area (Å²) in [5.74, 6) is -0.755. The van der Waals surface area contributed by atoms with E-state index in [1.807, 2.05) is 25.1 Å². The van der Waals surface area contributed by atoms with E-state index < -0.39 is 11.9 Å². The van der Waals surface area contributed by atoms with Crippen LogP contribution in [0.2, 0.25) is 0 Å². The smallest absolute Gasteiger partial charge is 0.341 e. The largest absolute Gasteiger partial charge is 0.496 e. The van der Waals surface area contributed by atoms with Crippen molar-refractivity contribution in [2.75, 3.05) is 25.6 Å². The first-order chi connectivity index (χ1) is 15.4. The average Bonchev–Trinajstić information content (AvgIpc) is 3.21. The summed E-state index contributed by atoms with van der Waals surface area (Å²) < 4.78 is 10.7. The molecule has 0 fully saturated rings. The van der Waals surface area contributed by atoms with Crippen LogP contribution in [0.4, 0.5) is 5.00 Å². The highest BCUT2D eigenvalue weighted by Crippen LogP contribution is 2.40. The van der Waals surface area contributed by atoms with Crippen molar-refractivity contribution in [2.24, 2.45) is 0 Å². The number of carbonyl (C=O) groups is 3. The lowest BCUT2D eigenvalue weighted by Gasteiger charge is -2.12. The minimum absolute atomic E-state index is 0.194. The van der Waals surface area contributed by atoms with Gasteiger partial charge in [0.2, 0.25) is 5.91 Å². The number of nitrogens with one attached hydrogen (secondary N) is 2. The third-order valence-electron chi connectivity index (χ3n) is 4.61. The molecule has 0 aliphatic carbocycles. The van der Waals surface area contributed by atoms with Crippen LogP contribution in [0.5, 0.6) is 5.75 Å². The van der Waals surface area contributed by atoms with Crippen LogP contribution in [0.25, 0.3) is 11.1 Å². The van der Waals surface area contributed by atoms with E-state index in [-0.39, 0.29) is 24.6 Å². The van der Waals surface area contributed by atoms with Crippen LogP contribution in [0.15, 0.2) is 53.9 Å². The molecule has 166 valence electrons. The lowest BCUT2D eigenvalue weighted by atomic mass is 10.0. The van der Waals surface area contributed by atoms with E-state index in [2.05, 4.69) is 10.6 Å². The first kappa shape index (κ1) is 23.0. The van der Waals surface area contributed by atoms with Gasteiger partial charge in [0.15, 0.2) is 0 Å². The summed E-state index contributed by atoms with van der Waals surface area (Å²) in [6, 6.07) is 14.3. The summed E-state index contributed by atoms with van der Waals surface area (Å²) in [5.41, 5.74) is 3.04. The molecule has 0 radical (unpaired) electrons. The standard InChI is InChI=1S/C24H24N2O5S/c1-4-31-24(29)21-18(17-12-15(2)10-11-19(17)30-3)14-32-23(21)26-20(27)13-25-22(28)16-8-6-5-7-9-16/h5-12,14H,4,13H2,1-3H3,(H,25,28)(H,26,27). The molecule has 0 saturated carbocycles. The molecule has 32 heavy (non-hydrogen) atoms. The molecule has 8 heteroatoms. The Balaban J connectivity index is 1.84. The molecule has 3 rings (SSSR count). The minimum Gasteiger partial charge on any atom is -0.496 e. The molecule has 1 aromatic heterocycles. The molecule has 0 aliphatic rings. The monoisotopic (exact) mass is 452 g/mol. The Bertz CT molecular complexity index is 1120. The van der Waals surface area contributed by atoms with Crippen molar-refractivity contribution in [1.29, 1.82) is 0 Å². The highest BCUT2D eigenvalue weighted by Gasteiger charge is 2.24. The second-order valence-corrected chi connectivity index (χ2v) is 7.75. The van der Waals surface area contributed by atoms with E-state index >= 15 is 0 Å². The van der Waals surface area contributed by atoms with Gasteiger partial charge in [0, 0.05) is 22.1 Å². The average molecular weight is 453 g/mol. The van der Waals surface area contributed by atoms with Gasteiger partial charge in [-0.2, -0.15) is 0 Å². The van der Waals surface area contributed by atoms with Crippen molar-refractivity contribution in [3.8, 4) is 16.9 Å². The number of esters is 1. The van der Waals surface area contributed by atoms with Gasteiger partial charge in [0.25, 0.3) is 5.91 Å². The summed E-state index contributed by atoms with van der Waals surface area (Å²) in [7, 11) is 1.56. The fraction of sp³-hybridized carbons (Fsp3) is 0.208. The second-order valence-electron chi connectivity index (χ2n) is 6.87. The number of hydrogen-bond acceptors (Lipinski definition) is 6. The van der Waals surface area contributed by atoms with Gasteiger partial charge in [-0.3, -0.25) is 9.59 Å². The number of anilines is 1. The Morgan fingerprint density at radius 2 is 1.78 bits per heavy atom. The summed E-state index contributed by atoms with van der Waals surface area (Å²) in [5, 5.41) is 7.42. The number of carbonyl (C=O) groups excluding carboxylic acids is 3. The van der Waals surface area contributed by atoms with E-state index in [4.69, 9.17) is 9.47 Å². The molecule has 2 N–H and O–H groups in total. The van der Waals surface area contributed by atoms with E-state index in [0.717, 1.165) is 11.1 Å². The molecular weight excluding hydrogens is 428 g/mol. The molecule has 3 aromatic rings. The van der Waals surface area contributed by atoms with Crippen molar-refractivity contribution in [2.45, 2.75) is 13.8 Å². The number of methoxy groups -OCH3 is 1. The van der Waals surface area contributed by atoms with Crippen molar-refractivity contribution in [3.05, 3.63) is 70.6 Å². The highest BCUT2D eigenvalue weighted by molar-refractivity contribution is 7.15. The molecule has 0 atom stereocenters. The summed E-state index contributed by atoms with van der Waals surface area (Å²) in [4.78, 5) is 37.4. The van der Waals surface area contributed by atoms with E-state index in [9.17, 15) is 14.4 Å². The molecule has 0 aliphatic heterocycles. The number of benzene rings is 2. The van der Waals surface area contributed by atoms with Crippen LogP contribution in [-0.4, -0.2) is 38.0 Å². The fourth-order valence-corrected chi connectivity index (χ4v) is 4.07. The van der Waals surface area contributed by atoms with Crippen LogP contribution >= 0.6 is 11.3 Å². The zero-order valence-corrected chi connectivity index (χ0v) is 18.9. The van der Waals surface area contributed by atoms with Crippen LogP contribution in [0, 0.1) is 6.92 Å². The van der Waals surface area contributed by atoms with Gasteiger partial charge in [0.05, 0.1) is 20.3 Å². The van der Waals surface area contributed by atoms with Crippen LogP contribution in [0.1, 0.15) is 33.2 Å². The maximum Gasteiger partial charge on any atom is 0.341 e. The molecule has 2 amide bonds. The van der Waals surface area contributed by atoms with Crippen LogP contribution in [-0.2, 0) is 9.53 Å². The number of thiophene rings is 1. The van der Waals surface area contributed by atoms with Gasteiger partial charge < -0.3 is 20.1 Å². The number of aryl methyl sites for hydroxylation is 1. The predicted octanol–water partition coefficient (Wildman–Crippen LogP) is 4.28. The van der Waals surface area contributed by atoms with E-state index in [1.165, 1.54) is 11.3 Å². The first-order valence-corrected chi connectivity index (χ1v) is 10.9. The topological polar surface area (TPSA) is 93.7 Å². The summed E-state index contributed by atoms with van der Waals surface area (Å²) in [6.07, 6.45) is 0. The highest BCUT2D eigenvalue weighted by atomic mass is 32.1. The van der Waals surface area contributed by atoms with Gasteiger partial charge in [-0.05, 0) is 38.1 Å². The molecular formula is C24H24N2O5S. The second kappa shape index (κ2) is 10.6. The fourth-order valence-electron chi connectivity index (χ4n) is 3.11. The quantitative estimate of drug-likeness (QED) is 0.498. The Morgan fingerprint density at radius 3 is 2.47 bits per heavy atom. The Kier molecular flexibility index (Phi) is 7.62. The van der Waals surface area contributed by atoms with Gasteiger partial charge in [-0.1, -0.05) is 29.8 Å². The zero-order chi connectivity index (χ0) is 23.1. The number of amides is 2. The number of hydrogen-bond donors (Lipinski definition) is 2. The van der Waals surface area contributed by atoms with Gasteiger partial charge in [-0.15, -0.1) is 11.3 Å². The normalized spacial score (nSPS) is 10.3. The van der Waals surface area contributed by atoms with Crippen molar-refractivity contribution in [3.63, 3.8) is 0 Å². The third-order valence-corrected chi connectivity index (χ3v) is 5.51. The number of ether oxygens (including phenoxy) is 2. The molecule has 0 spiro atoms. The molecule has 7 nitrogen and oxygen atoms in total. The molecule has 2 aromatic carbocycles. The molecule has 0 bridgehead atoms. The SMILES string of the molecule is CCOC(=O)c1c(-c2cc(C)ccc2OC)csc1NC(=O)CNC(=O)c1ccccc1. The maximum absolute atomic E-state index is 12.8. The van der Waals surface area contributed by atoms with Crippen molar-refractivity contribution in [1.82, 2.24) is 5.32 Å². The third kappa shape index (κ3) is 5.33. The number of rotatable bonds is 8. The van der Waals surface area contributed by atoms with Crippen molar-refractivity contribution >= 4 is 34.1 Å². The Labute approximate surface area is 190 Å². The van der Waals surface area contributed by atoms with Gasteiger partial charge in [0.1, 0.15) is 16.3 Å². The minimum atomic E-state index is -0.545. The zero-order valence-electron chi connectivity index (χ0n) is 18.1. The van der Waals surface area contributed by atoms with Gasteiger partial charge >= 0.3 is 5.97 Å². The van der Waals surface area contributed by atoms with E-state index in [1.54, 1.807) is 49.7 Å². The van der Waals surface area contributed by atoms with Gasteiger partial charge in [-0.25, -0.2) is 4.79 Å². The van der Waals surface area contributed by atoms with Crippen LogP contribution < -0.4 is 15.4 Å². The predicted molar refractivity (Wildman–Crippen MR) is 124 cm³/mol. The Hall–Kier alpha value is -3.65. The molecule has 0 saturated heterocycles. The molecule has 1 heterocycles. The first-order valence-electron chi connectivity index (χ1n) is 10.0. The lowest BCUT2D eigenvalue weighted by molar-refractivity contribution is -0.115.